The molecule has 5 nitrogen and oxygen atoms in total. The predicted molar refractivity (Wildman–Crippen MR) is 58.8 cm³/mol. The fourth-order valence-corrected chi connectivity index (χ4v) is 1.30. The normalized spacial score (nSPS) is 11.8. The Morgan fingerprint density at radius 2 is 2.20 bits per heavy atom. The van der Waals surface area contributed by atoms with Crippen molar-refractivity contribution in [2.24, 2.45) is 0 Å². The summed E-state index contributed by atoms with van der Waals surface area (Å²) in [5.74, 6) is -0.864. The first-order valence-corrected chi connectivity index (χ1v) is 5.99. The van der Waals surface area contributed by atoms with E-state index in [-0.39, 0.29) is 24.6 Å². The first kappa shape index (κ1) is 14.1. The summed E-state index contributed by atoms with van der Waals surface area (Å²) >= 11 is 0. The van der Waals surface area contributed by atoms with Crippen molar-refractivity contribution in [1.29, 1.82) is 0 Å². The molecule has 0 aliphatic heterocycles. The van der Waals surface area contributed by atoms with Gasteiger partial charge in [-0.2, -0.15) is 0 Å². The molecular weight excluding hydrogens is 217 g/mol. The first-order valence-electron chi connectivity index (χ1n) is 4.58. The van der Waals surface area contributed by atoms with E-state index in [4.69, 9.17) is 9.84 Å². The average Bonchev–Trinajstić information content (AvgIpc) is 2.16. The van der Waals surface area contributed by atoms with Gasteiger partial charge in [0.2, 0.25) is 5.91 Å². The number of carbonyl (C=O) groups excluding carboxylic acids is 2. The van der Waals surface area contributed by atoms with E-state index in [1.807, 2.05) is 0 Å². The average molecular weight is 233 g/mol. The number of carbonyl (C=O) groups is 2. The van der Waals surface area contributed by atoms with Crippen molar-refractivity contribution in [1.82, 2.24) is 5.32 Å². The van der Waals surface area contributed by atoms with Crippen LogP contribution in [0.3, 0.4) is 0 Å². The number of allylic oxidation sites excluding steroid dienone is 1. The molecule has 0 aliphatic carbocycles. The number of aliphatic hydroxyl groups is 1. The van der Waals surface area contributed by atoms with E-state index in [1.54, 1.807) is 13.0 Å². The summed E-state index contributed by atoms with van der Waals surface area (Å²) in [7, 11) is 0.319. The molecule has 86 valence electrons. The Balaban J connectivity index is 4.35. The zero-order valence-corrected chi connectivity index (χ0v) is 9.87. The van der Waals surface area contributed by atoms with Crippen molar-refractivity contribution < 1.29 is 19.4 Å². The quantitative estimate of drug-likeness (QED) is 0.297. The molecule has 0 heterocycles. The van der Waals surface area contributed by atoms with Crippen molar-refractivity contribution in [3.05, 3.63) is 11.8 Å². The van der Waals surface area contributed by atoms with Crippen molar-refractivity contribution >= 4 is 20.5 Å². The van der Waals surface area contributed by atoms with Crippen LogP contribution in [0.1, 0.15) is 13.8 Å². The van der Waals surface area contributed by atoms with Gasteiger partial charge in [-0.15, -0.1) is 0 Å². The number of rotatable bonds is 6. The Hall–Kier alpha value is -0.930. The second kappa shape index (κ2) is 8.38. The van der Waals surface area contributed by atoms with Crippen LogP contribution in [0, 0.1) is 0 Å². The lowest BCUT2D eigenvalue weighted by Crippen LogP contribution is -2.26. The molecule has 0 fully saturated rings. The summed E-state index contributed by atoms with van der Waals surface area (Å²) in [5, 5.41) is 11.0. The Labute approximate surface area is 90.7 Å². The molecule has 0 spiro atoms. The van der Waals surface area contributed by atoms with Crippen LogP contribution in [0.4, 0.5) is 0 Å². The van der Waals surface area contributed by atoms with Crippen LogP contribution in [-0.4, -0.2) is 36.1 Å². The molecule has 0 aromatic carbocycles. The molecule has 6 heteroatoms. The summed E-state index contributed by atoms with van der Waals surface area (Å²) in [6.45, 7) is 3.28. The largest absolute Gasteiger partial charge is 0.461 e. The Kier molecular flexibility index (Phi) is 7.86. The highest BCUT2D eigenvalue weighted by Crippen LogP contribution is 2.08. The van der Waals surface area contributed by atoms with E-state index in [0.29, 0.717) is 14.7 Å². The molecule has 0 aliphatic rings. The number of esters is 1. The summed E-state index contributed by atoms with van der Waals surface area (Å²) < 4.78 is 4.75. The lowest BCUT2D eigenvalue weighted by atomic mass is 10.4. The monoisotopic (exact) mass is 233 g/mol. The van der Waals surface area contributed by atoms with Crippen molar-refractivity contribution in [2.45, 2.75) is 13.8 Å². The van der Waals surface area contributed by atoms with Crippen LogP contribution >= 0.6 is 8.58 Å². The SMILES string of the molecule is CCOC(=O)/C(=C/CPCO)NC(C)=O. The number of hydrogen-bond acceptors (Lipinski definition) is 4. The predicted octanol–water partition coefficient (Wildman–Crippen LogP) is 0.198. The number of aliphatic hydroxyl groups excluding tert-OH is 1. The number of hydrogen-bond donors (Lipinski definition) is 2. The number of ether oxygens (including phenoxy) is 1. The molecule has 0 rings (SSSR count). The van der Waals surface area contributed by atoms with Gasteiger partial charge in [-0.1, -0.05) is 8.58 Å². The first-order chi connectivity index (χ1) is 7.11. The Bertz CT molecular complexity index is 252. The van der Waals surface area contributed by atoms with E-state index < -0.39 is 5.97 Å². The molecule has 0 saturated carbocycles. The molecule has 0 saturated heterocycles. The fourth-order valence-electron chi connectivity index (χ4n) is 0.823. The van der Waals surface area contributed by atoms with Gasteiger partial charge in [-0.25, -0.2) is 4.79 Å². The van der Waals surface area contributed by atoms with Crippen LogP contribution in [0.5, 0.6) is 0 Å². The molecule has 2 N–H and O–H groups in total. The third-order valence-corrected chi connectivity index (χ3v) is 2.08. The lowest BCUT2D eigenvalue weighted by Gasteiger charge is -2.06. The summed E-state index contributed by atoms with van der Waals surface area (Å²) in [4.78, 5) is 22.1. The van der Waals surface area contributed by atoms with E-state index in [1.165, 1.54) is 6.92 Å². The van der Waals surface area contributed by atoms with Gasteiger partial charge in [0.25, 0.3) is 0 Å². The second-order valence-corrected chi connectivity index (χ2v) is 3.86. The van der Waals surface area contributed by atoms with Crippen LogP contribution in [0.2, 0.25) is 0 Å². The number of nitrogens with one attached hydrogen (secondary N) is 1. The van der Waals surface area contributed by atoms with E-state index >= 15 is 0 Å². The maximum Gasteiger partial charge on any atom is 0.354 e. The molecule has 0 radical (unpaired) electrons. The Morgan fingerprint density at radius 1 is 1.53 bits per heavy atom. The highest BCUT2D eigenvalue weighted by molar-refractivity contribution is 7.37. The molecule has 0 aromatic heterocycles. The van der Waals surface area contributed by atoms with Crippen molar-refractivity contribution in [3.63, 3.8) is 0 Å². The smallest absolute Gasteiger partial charge is 0.354 e. The van der Waals surface area contributed by atoms with E-state index in [2.05, 4.69) is 5.32 Å². The second-order valence-electron chi connectivity index (χ2n) is 2.63. The summed E-state index contributed by atoms with van der Waals surface area (Å²) in [6, 6.07) is 0. The van der Waals surface area contributed by atoms with Crippen molar-refractivity contribution in [2.75, 3.05) is 19.1 Å². The zero-order chi connectivity index (χ0) is 11.7. The van der Waals surface area contributed by atoms with E-state index in [9.17, 15) is 9.59 Å². The molecule has 0 bridgehead atoms. The van der Waals surface area contributed by atoms with Gasteiger partial charge >= 0.3 is 5.97 Å². The van der Waals surface area contributed by atoms with Gasteiger partial charge in [-0.05, 0) is 19.2 Å². The van der Waals surface area contributed by atoms with Gasteiger partial charge in [0, 0.05) is 6.92 Å². The van der Waals surface area contributed by atoms with Crippen molar-refractivity contribution in [3.8, 4) is 0 Å². The standard InChI is InChI=1S/C9H16NO4P/c1-3-14-9(13)8(10-7(2)12)4-5-15-6-11/h4,11,15H,3,5-6H2,1-2H3,(H,10,12)/b8-4-. The van der Waals surface area contributed by atoms with Crippen LogP contribution in [0.25, 0.3) is 0 Å². The third-order valence-electron chi connectivity index (χ3n) is 1.37. The third kappa shape index (κ3) is 7.05. The minimum absolute atomic E-state index is 0.0761. The van der Waals surface area contributed by atoms with Gasteiger partial charge < -0.3 is 15.2 Å². The summed E-state index contributed by atoms with van der Waals surface area (Å²) in [5.41, 5.74) is 0.144. The molecular formula is C9H16NO4P. The topological polar surface area (TPSA) is 75.6 Å². The van der Waals surface area contributed by atoms with Crippen LogP contribution in [-0.2, 0) is 14.3 Å². The van der Waals surface area contributed by atoms with Crippen LogP contribution in [0.15, 0.2) is 11.8 Å². The van der Waals surface area contributed by atoms with Gasteiger partial charge in [0.05, 0.1) is 13.0 Å². The molecule has 1 unspecified atom stereocenters. The fraction of sp³-hybridized carbons (Fsp3) is 0.556. The highest BCUT2D eigenvalue weighted by atomic mass is 31.1. The summed E-state index contributed by atoms with van der Waals surface area (Å²) in [6.07, 6.45) is 2.19. The van der Waals surface area contributed by atoms with Crippen LogP contribution < -0.4 is 5.32 Å². The lowest BCUT2D eigenvalue weighted by molar-refractivity contribution is -0.140. The molecule has 15 heavy (non-hydrogen) atoms. The molecule has 0 aromatic rings. The zero-order valence-electron chi connectivity index (χ0n) is 8.87. The molecule has 1 atom stereocenters. The number of amides is 1. The maximum absolute atomic E-state index is 11.3. The van der Waals surface area contributed by atoms with Gasteiger partial charge in [-0.3, -0.25) is 4.79 Å². The van der Waals surface area contributed by atoms with Gasteiger partial charge in [0.1, 0.15) is 5.70 Å². The minimum Gasteiger partial charge on any atom is -0.461 e. The van der Waals surface area contributed by atoms with E-state index in [0.717, 1.165) is 0 Å². The minimum atomic E-state index is -0.546. The van der Waals surface area contributed by atoms with Gasteiger partial charge in [0.15, 0.2) is 0 Å². The maximum atomic E-state index is 11.3. The molecule has 1 amide bonds. The Morgan fingerprint density at radius 3 is 2.67 bits per heavy atom. The highest BCUT2D eigenvalue weighted by Gasteiger charge is 2.10.